The molecule has 0 atom stereocenters. The van der Waals surface area contributed by atoms with Crippen LogP contribution in [0.25, 0.3) is 10.9 Å². The molecule has 0 spiro atoms. The summed E-state index contributed by atoms with van der Waals surface area (Å²) in [5.74, 6) is -0.445. The number of carbonyl (C=O) groups excluding carboxylic acids is 1. The molecule has 0 unspecified atom stereocenters. The molecule has 1 amide bonds. The number of benzene rings is 1. The van der Waals surface area contributed by atoms with Gasteiger partial charge in [-0.2, -0.15) is 4.99 Å². The molecule has 0 fully saturated rings. The van der Waals surface area contributed by atoms with Crippen LogP contribution in [0.2, 0.25) is 0 Å². The molecule has 0 aliphatic rings. The lowest BCUT2D eigenvalue weighted by Crippen LogP contribution is -2.28. The van der Waals surface area contributed by atoms with E-state index in [1.54, 1.807) is 42.1 Å². The molecule has 2 heterocycles. The Hall–Kier alpha value is -2.61. The summed E-state index contributed by atoms with van der Waals surface area (Å²) in [5.41, 5.74) is 0.160. The highest BCUT2D eigenvalue weighted by atomic mass is 32.1. The third kappa shape index (κ3) is 2.65. The van der Waals surface area contributed by atoms with Gasteiger partial charge in [-0.1, -0.05) is 17.3 Å². The van der Waals surface area contributed by atoms with Gasteiger partial charge in [-0.05, 0) is 12.1 Å². The number of carbonyl (C=O) groups is 1. The summed E-state index contributed by atoms with van der Waals surface area (Å²) in [6.45, 7) is -0.228. The zero-order valence-corrected chi connectivity index (χ0v) is 11.9. The highest BCUT2D eigenvalue weighted by Gasteiger charge is 2.08. The zero-order valence-electron chi connectivity index (χ0n) is 11.1. The lowest BCUT2D eigenvalue weighted by Gasteiger charge is -2.01. The maximum atomic E-state index is 12.2. The van der Waals surface area contributed by atoms with Crippen molar-refractivity contribution in [2.75, 3.05) is 0 Å². The predicted octanol–water partition coefficient (Wildman–Crippen LogP) is 0.319. The van der Waals surface area contributed by atoms with Crippen LogP contribution >= 0.6 is 11.3 Å². The molecular weight excluding hydrogens is 290 g/mol. The second kappa shape index (κ2) is 5.41. The molecule has 0 aliphatic heterocycles. The molecule has 2 aromatic heterocycles. The van der Waals surface area contributed by atoms with Gasteiger partial charge in [0.2, 0.25) is 0 Å². The van der Waals surface area contributed by atoms with Gasteiger partial charge < -0.3 is 4.57 Å². The molecule has 7 nitrogen and oxygen atoms in total. The Kier molecular flexibility index (Phi) is 3.44. The Morgan fingerprint density at radius 3 is 2.95 bits per heavy atom. The second-order valence-electron chi connectivity index (χ2n) is 4.37. The largest absolute Gasteiger partial charge is 0.327 e. The average Bonchev–Trinajstić information content (AvgIpc) is 2.87. The van der Waals surface area contributed by atoms with Crippen LogP contribution in [0.1, 0.15) is 0 Å². The number of aromatic nitrogens is 4. The topological polar surface area (TPSA) is 82.1 Å². The first-order valence-electron chi connectivity index (χ1n) is 6.15. The third-order valence-electron chi connectivity index (χ3n) is 2.89. The lowest BCUT2D eigenvalue weighted by molar-refractivity contribution is -0.118. The van der Waals surface area contributed by atoms with Crippen LogP contribution in [-0.2, 0) is 18.4 Å². The van der Waals surface area contributed by atoms with Gasteiger partial charge in [0, 0.05) is 18.6 Å². The van der Waals surface area contributed by atoms with Crippen LogP contribution in [0.5, 0.6) is 0 Å². The summed E-state index contributed by atoms with van der Waals surface area (Å²) in [7, 11) is 1.80. The standard InChI is InChI=1S/C13H11N5O2S/c1-17-6-7-21-13(17)14-11(19)8-18-12(20)9-4-2-3-5-10(9)15-16-18/h2-7H,8H2,1H3. The molecule has 0 bridgehead atoms. The Labute approximate surface area is 122 Å². The maximum Gasteiger partial charge on any atom is 0.278 e. The fourth-order valence-corrected chi connectivity index (χ4v) is 2.58. The van der Waals surface area contributed by atoms with Crippen molar-refractivity contribution in [3.63, 3.8) is 0 Å². The van der Waals surface area contributed by atoms with E-state index >= 15 is 0 Å². The molecule has 0 N–H and O–H groups in total. The van der Waals surface area contributed by atoms with Gasteiger partial charge in [0.25, 0.3) is 11.5 Å². The van der Waals surface area contributed by atoms with E-state index in [0.29, 0.717) is 15.7 Å². The first-order chi connectivity index (χ1) is 10.1. The summed E-state index contributed by atoms with van der Waals surface area (Å²) in [6, 6.07) is 6.88. The average molecular weight is 301 g/mol. The van der Waals surface area contributed by atoms with E-state index in [1.165, 1.54) is 11.3 Å². The van der Waals surface area contributed by atoms with Crippen molar-refractivity contribution in [3.05, 3.63) is 51.0 Å². The molecule has 0 saturated heterocycles. The Morgan fingerprint density at radius 2 is 2.19 bits per heavy atom. The molecule has 3 aromatic rings. The number of nitrogens with zero attached hydrogens (tertiary/aromatic N) is 5. The molecule has 3 rings (SSSR count). The molecule has 1 aromatic carbocycles. The summed E-state index contributed by atoms with van der Waals surface area (Å²) in [4.78, 5) is 28.6. The minimum Gasteiger partial charge on any atom is -0.327 e. The van der Waals surface area contributed by atoms with Gasteiger partial charge in [0.05, 0.1) is 5.39 Å². The van der Waals surface area contributed by atoms with Crippen molar-refractivity contribution >= 4 is 28.1 Å². The molecule has 0 saturated carbocycles. The minimum absolute atomic E-state index is 0.228. The van der Waals surface area contributed by atoms with Crippen molar-refractivity contribution in [2.24, 2.45) is 12.0 Å². The first-order valence-corrected chi connectivity index (χ1v) is 7.03. The van der Waals surface area contributed by atoms with Crippen LogP contribution in [0.4, 0.5) is 0 Å². The third-order valence-corrected chi connectivity index (χ3v) is 3.74. The van der Waals surface area contributed by atoms with Crippen LogP contribution in [0, 0.1) is 0 Å². The van der Waals surface area contributed by atoms with Crippen molar-refractivity contribution in [1.29, 1.82) is 0 Å². The van der Waals surface area contributed by atoms with Crippen molar-refractivity contribution < 1.29 is 4.79 Å². The van der Waals surface area contributed by atoms with E-state index in [1.807, 2.05) is 5.38 Å². The van der Waals surface area contributed by atoms with Crippen molar-refractivity contribution in [1.82, 2.24) is 19.6 Å². The first kappa shape index (κ1) is 13.4. The summed E-state index contributed by atoms with van der Waals surface area (Å²) in [5, 5.41) is 9.95. The van der Waals surface area contributed by atoms with Gasteiger partial charge in [-0.25, -0.2) is 4.68 Å². The predicted molar refractivity (Wildman–Crippen MR) is 77.7 cm³/mol. The highest BCUT2D eigenvalue weighted by molar-refractivity contribution is 7.07. The Bertz CT molecular complexity index is 937. The van der Waals surface area contributed by atoms with E-state index in [4.69, 9.17) is 0 Å². The number of hydrogen-bond donors (Lipinski definition) is 0. The summed E-state index contributed by atoms with van der Waals surface area (Å²) >= 11 is 1.35. The highest BCUT2D eigenvalue weighted by Crippen LogP contribution is 2.03. The Morgan fingerprint density at radius 1 is 1.38 bits per heavy atom. The van der Waals surface area contributed by atoms with Crippen LogP contribution in [0.15, 0.2) is 45.6 Å². The molecule has 106 valence electrons. The second-order valence-corrected chi connectivity index (χ2v) is 5.24. The van der Waals surface area contributed by atoms with Gasteiger partial charge in [0.1, 0.15) is 12.1 Å². The minimum atomic E-state index is -0.445. The van der Waals surface area contributed by atoms with Crippen LogP contribution < -0.4 is 10.4 Å². The fraction of sp³-hybridized carbons (Fsp3) is 0.154. The number of rotatable bonds is 2. The molecule has 0 aliphatic carbocycles. The number of hydrogen-bond acceptors (Lipinski definition) is 5. The summed E-state index contributed by atoms with van der Waals surface area (Å²) in [6.07, 6.45) is 1.80. The number of aryl methyl sites for hydroxylation is 1. The SMILES string of the molecule is Cn1ccsc1=NC(=O)Cn1nnc2ccccc2c1=O. The molecular formula is C13H11N5O2S. The van der Waals surface area contributed by atoms with E-state index in [9.17, 15) is 9.59 Å². The smallest absolute Gasteiger partial charge is 0.278 e. The normalized spacial score (nSPS) is 12.0. The quantitative estimate of drug-likeness (QED) is 0.682. The number of thiazole rings is 1. The number of fused-ring (bicyclic) bond motifs is 1. The molecule has 8 heteroatoms. The van der Waals surface area contributed by atoms with Gasteiger partial charge in [0.15, 0.2) is 4.80 Å². The van der Waals surface area contributed by atoms with Gasteiger partial charge in [-0.15, -0.1) is 16.4 Å². The number of amides is 1. The summed E-state index contributed by atoms with van der Waals surface area (Å²) < 4.78 is 2.76. The monoisotopic (exact) mass is 301 g/mol. The van der Waals surface area contributed by atoms with E-state index in [-0.39, 0.29) is 12.1 Å². The van der Waals surface area contributed by atoms with Crippen LogP contribution in [0.3, 0.4) is 0 Å². The molecule has 0 radical (unpaired) electrons. The fourth-order valence-electron chi connectivity index (χ4n) is 1.83. The maximum absolute atomic E-state index is 12.2. The van der Waals surface area contributed by atoms with Gasteiger partial charge in [-0.3, -0.25) is 9.59 Å². The van der Waals surface area contributed by atoms with Gasteiger partial charge >= 0.3 is 0 Å². The molecule has 21 heavy (non-hydrogen) atoms. The van der Waals surface area contributed by atoms with Crippen molar-refractivity contribution in [2.45, 2.75) is 6.54 Å². The van der Waals surface area contributed by atoms with E-state index in [0.717, 1.165) is 4.68 Å². The van der Waals surface area contributed by atoms with E-state index < -0.39 is 5.91 Å². The van der Waals surface area contributed by atoms with Crippen LogP contribution in [-0.4, -0.2) is 25.5 Å². The zero-order chi connectivity index (χ0) is 14.8. The lowest BCUT2D eigenvalue weighted by atomic mass is 10.2. The van der Waals surface area contributed by atoms with E-state index in [2.05, 4.69) is 15.3 Å². The Balaban J connectivity index is 1.96. The van der Waals surface area contributed by atoms with Crippen molar-refractivity contribution in [3.8, 4) is 0 Å².